The molecule has 6 fully saturated rings. The van der Waals surface area contributed by atoms with Crippen molar-refractivity contribution in [1.82, 2.24) is 52.8 Å². The van der Waals surface area contributed by atoms with Crippen molar-refractivity contribution in [1.29, 1.82) is 5.41 Å². The third-order valence-corrected chi connectivity index (χ3v) is 17.6. The predicted octanol–water partition coefficient (Wildman–Crippen LogP) is -9.99. The Bertz CT molecular complexity index is 3070. The summed E-state index contributed by atoms with van der Waals surface area (Å²) >= 11 is 0. The minimum Gasteiger partial charge on any atom is -0.462 e. The summed E-state index contributed by atoms with van der Waals surface area (Å²) in [4.78, 5) is 114. The molecule has 37 nitrogen and oxygen atoms in total. The molecule has 0 aliphatic carbocycles. The molecule has 10 unspecified atom stereocenters. The minimum absolute atomic E-state index is 0.0825. The summed E-state index contributed by atoms with van der Waals surface area (Å²) < 4.78 is 34.1. The highest BCUT2D eigenvalue weighted by atomic mass is 16.7. The lowest BCUT2D eigenvalue weighted by Gasteiger charge is -2.46. The third-order valence-electron chi connectivity index (χ3n) is 17.6. The van der Waals surface area contributed by atoms with Crippen molar-refractivity contribution in [3.05, 3.63) is 65.7 Å². The van der Waals surface area contributed by atoms with Crippen LogP contribution >= 0.6 is 0 Å². The van der Waals surface area contributed by atoms with E-state index in [-0.39, 0.29) is 42.6 Å². The van der Waals surface area contributed by atoms with Gasteiger partial charge in [0.2, 0.25) is 41.7 Å². The topological polar surface area (TPSA) is 570 Å². The summed E-state index contributed by atoms with van der Waals surface area (Å²) in [5.74, 6) is -9.18. The zero-order valence-corrected chi connectivity index (χ0v) is 53.1. The largest absolute Gasteiger partial charge is 0.462 e. The van der Waals surface area contributed by atoms with Crippen LogP contribution < -0.4 is 52.6 Å². The summed E-state index contributed by atoms with van der Waals surface area (Å²) in [5, 5.41) is 163. The fourth-order valence-corrected chi connectivity index (χ4v) is 12.1. The number of carbonyl (C=O) groups excluding carboxylic acids is 8. The first-order valence-corrected chi connectivity index (χ1v) is 31.6. The maximum Gasteiger partial charge on any atom is 0.320 e. The summed E-state index contributed by atoms with van der Waals surface area (Å²) in [6.07, 6.45) is -32.4. The first-order chi connectivity index (χ1) is 46.1. The standard InChI is InChI=1S/C60H87N11O26/c1-5-28-51(86)62-19-35(75)68-37(24(4)26-9-7-6-8-10-26)53(88)66-29(16-25-11-13-27(14-12-25)92-57-47(84)45(82)49(34(22-74)95-57)97-58-48(85)50(43(80)33(21-73)94-58)96-36(76)15-23(2)3)52(87)69-38(40(77)30-17-63-59(61)67-30)55(90)70-39(54(89)65-28)41(78)31-18-64-60(91)71(31)56-46(83)44(81)42(79)32(20-72)93-56/h6-14,23-24,28-34,37-50,56-58,72-74,77-85H,5,15-22H2,1-4H3,(H,62,86)(H,64,91)(H,65,89)(H,66,88)(H,68,75)(H,69,87)(H,70,90)(H3,61,63,67)/t24?,28?,29?,30?,31?,32-,33-,34-,37?,38?,39?,40?,41?,42-,43-,44+,45-,46+,47+,48+,49-,50+,56+,57+,58-/m1/s1. The Morgan fingerprint density at radius 3 is 1.84 bits per heavy atom. The molecule has 22 N–H and O–H groups in total. The van der Waals surface area contributed by atoms with Gasteiger partial charge in [-0.15, -0.1) is 0 Å². The van der Waals surface area contributed by atoms with E-state index in [0.717, 1.165) is 0 Å². The molecule has 6 heterocycles. The molecule has 8 rings (SSSR count). The maximum atomic E-state index is 15.2. The first kappa shape index (κ1) is 75.2. The first-order valence-electron chi connectivity index (χ1n) is 31.6. The monoisotopic (exact) mass is 1380 g/mol. The van der Waals surface area contributed by atoms with Crippen LogP contribution in [0.2, 0.25) is 0 Å². The van der Waals surface area contributed by atoms with E-state index in [0.29, 0.717) is 10.5 Å². The molecule has 6 aliphatic rings. The molecular weight excluding hydrogens is 1290 g/mol. The number of nitrogens with zero attached hydrogens (tertiary/aromatic N) is 1. The number of urea groups is 1. The van der Waals surface area contributed by atoms with E-state index >= 15 is 9.59 Å². The molecule has 6 aliphatic heterocycles. The number of benzene rings is 2. The summed E-state index contributed by atoms with van der Waals surface area (Å²) in [6.45, 7) is 2.18. The molecule has 0 bridgehead atoms. The molecule has 0 radical (unpaired) electrons. The SMILES string of the molecule is CCC1NC(=O)C(C(O)C2CNC(=O)N2[C@H]2O[C@H](CO)[C@@H](O)[C@H](O)[C@@H]2O)NC(=O)C(C(O)C2CNC(=N)N2)NC(=O)C(Cc2ccc(O[C@H]3O[C@H](CO)[C@@H](O[C@H]4O[C@H](CO)[C@@H](O)[C@H](OC(=O)CC(C)C)[C@@H]4O)[C@H](O)[C@@H]3O)cc2)NC(=O)C(C(C)c2ccccc2)NC(=O)CNC1=O. The van der Waals surface area contributed by atoms with E-state index in [9.17, 15) is 90.0 Å². The van der Waals surface area contributed by atoms with Crippen molar-refractivity contribution in [3.63, 3.8) is 0 Å². The van der Waals surface area contributed by atoms with Gasteiger partial charge < -0.3 is 138 Å². The third kappa shape index (κ3) is 17.7. The van der Waals surface area contributed by atoms with Gasteiger partial charge in [-0.25, -0.2) is 4.79 Å². The quantitative estimate of drug-likeness (QED) is 0.0547. The minimum atomic E-state index is -2.32. The van der Waals surface area contributed by atoms with E-state index in [1.54, 1.807) is 51.1 Å². The molecule has 25 atom stereocenters. The average Bonchev–Trinajstić information content (AvgIpc) is 1.72. The van der Waals surface area contributed by atoms with Crippen LogP contribution in [0, 0.1) is 11.3 Å². The number of guanidine groups is 1. The molecule has 6 saturated heterocycles. The van der Waals surface area contributed by atoms with Gasteiger partial charge in [0.05, 0.1) is 38.4 Å². The van der Waals surface area contributed by atoms with Gasteiger partial charge in [-0.05, 0) is 35.6 Å². The van der Waals surface area contributed by atoms with Crippen LogP contribution in [-0.2, 0) is 63.7 Å². The second-order valence-electron chi connectivity index (χ2n) is 24.9. The zero-order chi connectivity index (χ0) is 70.9. The van der Waals surface area contributed by atoms with Crippen molar-refractivity contribution in [2.45, 2.75) is 199 Å². The number of amides is 8. The Labute approximate surface area is 554 Å². The maximum absolute atomic E-state index is 15.2. The van der Waals surface area contributed by atoms with Gasteiger partial charge in [0.15, 0.2) is 24.6 Å². The Kier molecular flexibility index (Phi) is 25.8. The number of aliphatic hydroxyl groups is 12. The Morgan fingerprint density at radius 2 is 1.21 bits per heavy atom. The molecule has 0 aromatic heterocycles. The molecular formula is C60H87N11O26. The molecule has 0 spiro atoms. The number of nitrogens with one attached hydrogen (secondary N) is 10. The van der Waals surface area contributed by atoms with Crippen LogP contribution in [0.25, 0.3) is 0 Å². The van der Waals surface area contributed by atoms with Gasteiger partial charge in [-0.1, -0.05) is 70.2 Å². The van der Waals surface area contributed by atoms with Gasteiger partial charge in [-0.3, -0.25) is 43.9 Å². The Balaban J connectivity index is 1.09. The van der Waals surface area contributed by atoms with Crippen LogP contribution in [-0.4, -0.2) is 306 Å². The van der Waals surface area contributed by atoms with Gasteiger partial charge in [0, 0.05) is 31.8 Å². The second kappa shape index (κ2) is 33.3. The lowest BCUT2D eigenvalue weighted by atomic mass is 9.92. The molecule has 37 heteroatoms. The summed E-state index contributed by atoms with van der Waals surface area (Å²) in [7, 11) is 0. The van der Waals surface area contributed by atoms with Crippen LogP contribution in [0.1, 0.15) is 57.6 Å². The van der Waals surface area contributed by atoms with Crippen LogP contribution in [0.4, 0.5) is 4.79 Å². The Morgan fingerprint density at radius 1 is 0.598 bits per heavy atom. The molecule has 2 aromatic rings. The number of esters is 1. The molecule has 0 saturated carbocycles. The van der Waals surface area contributed by atoms with Gasteiger partial charge in [0.1, 0.15) is 115 Å². The highest BCUT2D eigenvalue weighted by molar-refractivity contribution is 5.98. The Hall–Kier alpha value is -7.57. The number of ether oxygens (including phenoxy) is 6. The van der Waals surface area contributed by atoms with Crippen LogP contribution in [0.3, 0.4) is 0 Å². The van der Waals surface area contributed by atoms with E-state index in [1.807, 2.05) is 0 Å². The highest BCUT2D eigenvalue weighted by Gasteiger charge is 2.55. The van der Waals surface area contributed by atoms with Crippen molar-refractivity contribution in [2.75, 3.05) is 39.5 Å². The smallest absolute Gasteiger partial charge is 0.320 e. The van der Waals surface area contributed by atoms with Crippen molar-refractivity contribution in [3.8, 4) is 5.75 Å². The summed E-state index contributed by atoms with van der Waals surface area (Å²) in [5.41, 5.74) is 0.725. The number of rotatable bonds is 20. The lowest BCUT2D eigenvalue weighted by Crippen LogP contribution is -2.69. The van der Waals surface area contributed by atoms with Gasteiger partial charge >= 0.3 is 12.0 Å². The molecule has 2 aromatic carbocycles. The van der Waals surface area contributed by atoms with E-state index in [2.05, 4.69) is 47.9 Å². The normalized spacial score (nSPS) is 35.9. The van der Waals surface area contributed by atoms with Crippen molar-refractivity contribution >= 4 is 53.4 Å². The number of hydrogen-bond acceptors (Lipinski definition) is 27. The van der Waals surface area contributed by atoms with Gasteiger partial charge in [0.25, 0.3) is 0 Å². The fourth-order valence-electron chi connectivity index (χ4n) is 12.1. The second-order valence-corrected chi connectivity index (χ2v) is 24.9. The summed E-state index contributed by atoms with van der Waals surface area (Å²) in [6, 6.07) is 0.199. The fraction of sp³-hybridized carbons (Fsp3) is 0.650. The van der Waals surface area contributed by atoms with Crippen LogP contribution in [0.5, 0.6) is 5.75 Å². The highest BCUT2D eigenvalue weighted by Crippen LogP contribution is 2.33. The number of hydrogen-bond donors (Lipinski definition) is 22. The average molecular weight is 1380 g/mol. The lowest BCUT2D eigenvalue weighted by molar-refractivity contribution is -0.353. The van der Waals surface area contributed by atoms with E-state index in [4.69, 9.17) is 33.8 Å². The van der Waals surface area contributed by atoms with E-state index < -0.39 is 239 Å². The molecule has 8 amide bonds. The molecule has 538 valence electrons. The molecule has 97 heavy (non-hydrogen) atoms. The number of carbonyl (C=O) groups is 8. The van der Waals surface area contributed by atoms with E-state index in [1.165, 1.54) is 31.2 Å². The number of aliphatic hydroxyl groups excluding tert-OH is 12. The van der Waals surface area contributed by atoms with Crippen LogP contribution in [0.15, 0.2) is 54.6 Å². The van der Waals surface area contributed by atoms with Crippen molar-refractivity contribution < 1.29 is 128 Å². The van der Waals surface area contributed by atoms with Crippen molar-refractivity contribution in [2.24, 2.45) is 5.92 Å². The van der Waals surface area contributed by atoms with Gasteiger partial charge in [-0.2, -0.15) is 0 Å². The predicted molar refractivity (Wildman–Crippen MR) is 326 cm³/mol. The zero-order valence-electron chi connectivity index (χ0n) is 53.1.